The highest BCUT2D eigenvalue weighted by molar-refractivity contribution is 5.70. The second-order valence-electron chi connectivity index (χ2n) is 2.86. The van der Waals surface area contributed by atoms with Gasteiger partial charge in [-0.3, -0.25) is 4.79 Å². The smallest absolute Gasteiger partial charge is 0.169 e. The largest absolute Gasteiger partial charge is 0.337 e. The first-order chi connectivity index (χ1) is 5.86. The van der Waals surface area contributed by atoms with E-state index in [2.05, 4.69) is 11.9 Å². The number of carbonyl (C=O) groups excluding carboxylic acids is 1. The molecular weight excluding hydrogens is 152 g/mol. The van der Waals surface area contributed by atoms with Gasteiger partial charge in [0.1, 0.15) is 5.69 Å². The van der Waals surface area contributed by atoms with Gasteiger partial charge in [0.2, 0.25) is 0 Å². The molecule has 0 N–H and O–H groups in total. The quantitative estimate of drug-likeness (QED) is 0.494. The summed E-state index contributed by atoms with van der Waals surface area (Å²) in [6, 6.07) is 0. The molecule has 12 heavy (non-hydrogen) atoms. The van der Waals surface area contributed by atoms with Crippen LogP contribution in [-0.4, -0.2) is 15.8 Å². The Hall–Kier alpha value is -1.12. The number of aromatic nitrogens is 2. The monoisotopic (exact) mass is 166 g/mol. The third-order valence-electron chi connectivity index (χ3n) is 1.79. The van der Waals surface area contributed by atoms with Crippen LogP contribution in [0.2, 0.25) is 0 Å². The lowest BCUT2D eigenvalue weighted by Crippen LogP contribution is -1.93. The highest BCUT2D eigenvalue weighted by Gasteiger charge is 1.95. The zero-order valence-electron chi connectivity index (χ0n) is 7.36. The van der Waals surface area contributed by atoms with Crippen molar-refractivity contribution in [3.05, 3.63) is 18.2 Å². The van der Waals surface area contributed by atoms with Gasteiger partial charge in [0.25, 0.3) is 0 Å². The summed E-state index contributed by atoms with van der Waals surface area (Å²) < 4.78 is 1.96. The molecule has 0 amide bonds. The first kappa shape index (κ1) is 8.97. The van der Waals surface area contributed by atoms with Crippen LogP contribution in [-0.2, 0) is 6.54 Å². The molecule has 0 saturated heterocycles. The predicted octanol–water partition coefficient (Wildman–Crippen LogP) is 1.89. The van der Waals surface area contributed by atoms with Crippen molar-refractivity contribution < 1.29 is 4.79 Å². The number of aryl methyl sites for hydroxylation is 1. The Bertz CT molecular complexity index is 242. The first-order valence-corrected chi connectivity index (χ1v) is 4.33. The SMILES string of the molecule is CCCCCn1cnc(C=O)c1. The van der Waals surface area contributed by atoms with E-state index in [1.807, 2.05) is 4.57 Å². The van der Waals surface area contributed by atoms with Crippen LogP contribution >= 0.6 is 0 Å². The summed E-state index contributed by atoms with van der Waals surface area (Å²) in [4.78, 5) is 14.2. The van der Waals surface area contributed by atoms with E-state index < -0.39 is 0 Å². The Labute approximate surface area is 72.4 Å². The third kappa shape index (κ3) is 2.49. The normalized spacial score (nSPS) is 10.1. The summed E-state index contributed by atoms with van der Waals surface area (Å²) in [6.07, 6.45) is 7.87. The lowest BCUT2D eigenvalue weighted by Gasteiger charge is -1.98. The van der Waals surface area contributed by atoms with Gasteiger partial charge >= 0.3 is 0 Å². The minimum Gasteiger partial charge on any atom is -0.337 e. The minimum absolute atomic E-state index is 0.520. The topological polar surface area (TPSA) is 34.9 Å². The van der Waals surface area contributed by atoms with Crippen molar-refractivity contribution in [2.24, 2.45) is 0 Å². The molecule has 0 saturated carbocycles. The van der Waals surface area contributed by atoms with E-state index in [9.17, 15) is 4.79 Å². The number of carbonyl (C=O) groups is 1. The Balaban J connectivity index is 2.36. The van der Waals surface area contributed by atoms with Crippen LogP contribution in [0.25, 0.3) is 0 Å². The van der Waals surface area contributed by atoms with E-state index in [0.29, 0.717) is 5.69 Å². The lowest BCUT2D eigenvalue weighted by molar-refractivity contribution is 0.111. The molecule has 66 valence electrons. The number of imidazole rings is 1. The van der Waals surface area contributed by atoms with Gasteiger partial charge in [-0.15, -0.1) is 0 Å². The number of unbranched alkanes of at least 4 members (excludes halogenated alkanes) is 2. The molecule has 0 atom stereocenters. The Morgan fingerprint density at radius 1 is 1.58 bits per heavy atom. The van der Waals surface area contributed by atoms with Gasteiger partial charge in [-0.1, -0.05) is 19.8 Å². The third-order valence-corrected chi connectivity index (χ3v) is 1.79. The molecule has 0 unspecified atom stereocenters. The molecule has 0 radical (unpaired) electrons. The molecule has 0 aromatic carbocycles. The van der Waals surface area contributed by atoms with E-state index in [-0.39, 0.29) is 0 Å². The summed E-state index contributed by atoms with van der Waals surface area (Å²) in [5, 5.41) is 0. The van der Waals surface area contributed by atoms with Crippen molar-refractivity contribution >= 4 is 6.29 Å². The van der Waals surface area contributed by atoms with E-state index in [1.54, 1.807) is 12.5 Å². The maximum absolute atomic E-state index is 10.3. The fraction of sp³-hybridized carbons (Fsp3) is 0.556. The Morgan fingerprint density at radius 2 is 2.42 bits per heavy atom. The number of nitrogens with zero attached hydrogens (tertiary/aromatic N) is 2. The van der Waals surface area contributed by atoms with Crippen LogP contribution in [0, 0.1) is 0 Å². The molecule has 1 rings (SSSR count). The molecule has 0 aliphatic carbocycles. The first-order valence-electron chi connectivity index (χ1n) is 4.33. The van der Waals surface area contributed by atoms with E-state index in [1.165, 1.54) is 12.8 Å². The number of aldehydes is 1. The van der Waals surface area contributed by atoms with Crippen LogP contribution in [0.5, 0.6) is 0 Å². The van der Waals surface area contributed by atoms with Gasteiger partial charge < -0.3 is 4.57 Å². The molecule has 1 heterocycles. The van der Waals surface area contributed by atoms with Gasteiger partial charge in [-0.2, -0.15) is 0 Å². The maximum atomic E-state index is 10.3. The zero-order chi connectivity index (χ0) is 8.81. The molecular formula is C9H14N2O. The van der Waals surface area contributed by atoms with Crippen LogP contribution in [0.15, 0.2) is 12.5 Å². The number of hydrogen-bond donors (Lipinski definition) is 0. The standard InChI is InChI=1S/C9H14N2O/c1-2-3-4-5-11-6-9(7-12)10-8-11/h6-8H,2-5H2,1H3. The summed E-state index contributed by atoms with van der Waals surface area (Å²) in [6.45, 7) is 3.14. The average Bonchev–Trinajstić information content (AvgIpc) is 2.53. The fourth-order valence-electron chi connectivity index (χ4n) is 1.10. The van der Waals surface area contributed by atoms with Crippen molar-refractivity contribution in [1.82, 2.24) is 9.55 Å². The average molecular weight is 166 g/mol. The van der Waals surface area contributed by atoms with Gasteiger partial charge in [-0.25, -0.2) is 4.98 Å². The van der Waals surface area contributed by atoms with Gasteiger partial charge in [0, 0.05) is 12.7 Å². The van der Waals surface area contributed by atoms with Crippen molar-refractivity contribution in [3.63, 3.8) is 0 Å². The number of rotatable bonds is 5. The zero-order valence-corrected chi connectivity index (χ0v) is 7.36. The maximum Gasteiger partial charge on any atom is 0.169 e. The second-order valence-corrected chi connectivity index (χ2v) is 2.86. The highest BCUT2D eigenvalue weighted by Crippen LogP contribution is 1.99. The number of hydrogen-bond acceptors (Lipinski definition) is 2. The van der Waals surface area contributed by atoms with Gasteiger partial charge in [0.15, 0.2) is 6.29 Å². The van der Waals surface area contributed by atoms with E-state index in [4.69, 9.17) is 0 Å². The van der Waals surface area contributed by atoms with Crippen molar-refractivity contribution in [2.75, 3.05) is 0 Å². The molecule has 0 spiro atoms. The summed E-state index contributed by atoms with van der Waals surface area (Å²) in [7, 11) is 0. The van der Waals surface area contributed by atoms with Crippen LogP contribution in [0.1, 0.15) is 36.7 Å². The minimum atomic E-state index is 0.520. The molecule has 0 aliphatic heterocycles. The molecule has 3 heteroatoms. The van der Waals surface area contributed by atoms with Gasteiger partial charge in [-0.05, 0) is 6.42 Å². The summed E-state index contributed by atoms with van der Waals surface area (Å²) in [5.41, 5.74) is 0.520. The Kier molecular flexibility index (Phi) is 3.51. The summed E-state index contributed by atoms with van der Waals surface area (Å²) in [5.74, 6) is 0. The molecule has 1 aromatic rings. The van der Waals surface area contributed by atoms with Crippen LogP contribution in [0.3, 0.4) is 0 Å². The fourth-order valence-corrected chi connectivity index (χ4v) is 1.10. The van der Waals surface area contributed by atoms with Crippen molar-refractivity contribution in [3.8, 4) is 0 Å². The second kappa shape index (κ2) is 4.70. The Morgan fingerprint density at radius 3 is 3.00 bits per heavy atom. The van der Waals surface area contributed by atoms with E-state index >= 15 is 0 Å². The molecule has 0 bridgehead atoms. The molecule has 0 fully saturated rings. The van der Waals surface area contributed by atoms with E-state index in [0.717, 1.165) is 19.3 Å². The van der Waals surface area contributed by atoms with Gasteiger partial charge in [0.05, 0.1) is 6.33 Å². The van der Waals surface area contributed by atoms with Crippen LogP contribution < -0.4 is 0 Å². The van der Waals surface area contributed by atoms with Crippen molar-refractivity contribution in [2.45, 2.75) is 32.7 Å². The predicted molar refractivity (Wildman–Crippen MR) is 47.1 cm³/mol. The molecule has 3 nitrogen and oxygen atoms in total. The highest BCUT2D eigenvalue weighted by atomic mass is 16.1. The lowest BCUT2D eigenvalue weighted by atomic mass is 10.2. The van der Waals surface area contributed by atoms with Crippen LogP contribution in [0.4, 0.5) is 0 Å². The molecule has 1 aromatic heterocycles. The molecule has 0 aliphatic rings. The summed E-state index contributed by atoms with van der Waals surface area (Å²) >= 11 is 0. The van der Waals surface area contributed by atoms with Crippen molar-refractivity contribution in [1.29, 1.82) is 0 Å².